The normalized spacial score (nSPS) is 10.8. The Morgan fingerprint density at radius 1 is 1.50 bits per heavy atom. The van der Waals surface area contributed by atoms with Gasteiger partial charge in [-0.3, -0.25) is 0 Å². The van der Waals surface area contributed by atoms with Crippen LogP contribution in [0.15, 0.2) is 27.3 Å². The lowest BCUT2D eigenvalue weighted by atomic mass is 10.4. The first kappa shape index (κ1) is 10.8. The average Bonchev–Trinajstić information content (AvgIpc) is 2.94. The maximum atomic E-state index is 5.15. The van der Waals surface area contributed by atoms with E-state index in [1.165, 1.54) is 0 Å². The first-order chi connectivity index (χ1) is 7.90. The Bertz CT molecular complexity index is 411. The number of furan rings is 1. The molecule has 0 saturated carbocycles. The minimum atomic E-state index is 0.466. The molecular weight excluding hydrogens is 210 g/mol. The third-order valence-corrected chi connectivity index (χ3v) is 1.97. The van der Waals surface area contributed by atoms with Crippen molar-refractivity contribution in [2.24, 2.45) is 0 Å². The van der Waals surface area contributed by atoms with Crippen LogP contribution in [-0.4, -0.2) is 30.4 Å². The molecule has 2 heterocycles. The van der Waals surface area contributed by atoms with Gasteiger partial charge in [0, 0.05) is 13.7 Å². The summed E-state index contributed by atoms with van der Waals surface area (Å²) in [6.07, 6.45) is 1.57. The van der Waals surface area contributed by atoms with Gasteiger partial charge in [0.2, 0.25) is 11.7 Å². The van der Waals surface area contributed by atoms with Crippen LogP contribution in [0.4, 0.5) is 0 Å². The summed E-state index contributed by atoms with van der Waals surface area (Å²) < 4.78 is 15.1. The van der Waals surface area contributed by atoms with Crippen LogP contribution in [0, 0.1) is 0 Å². The van der Waals surface area contributed by atoms with E-state index in [0.717, 1.165) is 6.54 Å². The van der Waals surface area contributed by atoms with E-state index >= 15 is 0 Å². The maximum absolute atomic E-state index is 5.15. The topological polar surface area (TPSA) is 73.3 Å². The Morgan fingerprint density at radius 2 is 2.44 bits per heavy atom. The smallest absolute Gasteiger partial charge is 0.241 e. The second-order valence-corrected chi connectivity index (χ2v) is 3.16. The van der Waals surface area contributed by atoms with Gasteiger partial charge < -0.3 is 19.0 Å². The molecule has 0 bridgehead atoms. The lowest BCUT2D eigenvalue weighted by molar-refractivity contribution is 0.197. The summed E-state index contributed by atoms with van der Waals surface area (Å²) >= 11 is 0. The Hall–Kier alpha value is -1.66. The summed E-state index contributed by atoms with van der Waals surface area (Å²) in [5.74, 6) is 1.60. The molecule has 6 nitrogen and oxygen atoms in total. The summed E-state index contributed by atoms with van der Waals surface area (Å²) in [4.78, 5) is 4.18. The van der Waals surface area contributed by atoms with Crippen LogP contribution in [0.5, 0.6) is 0 Å². The van der Waals surface area contributed by atoms with Gasteiger partial charge in [-0.1, -0.05) is 5.16 Å². The lowest BCUT2D eigenvalue weighted by Gasteiger charge is -1.98. The van der Waals surface area contributed by atoms with E-state index in [1.54, 1.807) is 25.5 Å². The summed E-state index contributed by atoms with van der Waals surface area (Å²) in [5, 5.41) is 6.92. The fourth-order valence-corrected chi connectivity index (χ4v) is 1.20. The molecular formula is C10H13N3O3. The van der Waals surface area contributed by atoms with Crippen LogP contribution in [0.2, 0.25) is 0 Å². The molecule has 0 unspecified atom stereocenters. The molecule has 0 aliphatic carbocycles. The van der Waals surface area contributed by atoms with Crippen molar-refractivity contribution in [2.45, 2.75) is 6.54 Å². The predicted molar refractivity (Wildman–Crippen MR) is 55.6 cm³/mol. The van der Waals surface area contributed by atoms with Crippen molar-refractivity contribution in [1.82, 2.24) is 15.5 Å². The molecule has 0 aromatic carbocycles. The maximum Gasteiger partial charge on any atom is 0.241 e. The number of hydrogen-bond donors (Lipinski definition) is 1. The number of rotatable bonds is 6. The molecule has 2 rings (SSSR count). The fourth-order valence-electron chi connectivity index (χ4n) is 1.20. The van der Waals surface area contributed by atoms with E-state index in [2.05, 4.69) is 15.5 Å². The first-order valence-corrected chi connectivity index (χ1v) is 4.96. The zero-order valence-electron chi connectivity index (χ0n) is 8.97. The van der Waals surface area contributed by atoms with Gasteiger partial charge in [-0.15, -0.1) is 0 Å². The number of nitrogens with one attached hydrogen (secondary N) is 1. The van der Waals surface area contributed by atoms with Gasteiger partial charge in [-0.25, -0.2) is 0 Å². The summed E-state index contributed by atoms with van der Waals surface area (Å²) in [6.45, 7) is 1.92. The van der Waals surface area contributed by atoms with Crippen LogP contribution < -0.4 is 5.32 Å². The summed E-state index contributed by atoms with van der Waals surface area (Å²) in [6, 6.07) is 3.56. The highest BCUT2D eigenvalue weighted by atomic mass is 16.5. The fraction of sp³-hybridized carbons (Fsp3) is 0.400. The molecule has 0 fully saturated rings. The SMILES string of the molecule is COCCNCc1nc(-c2ccco2)no1. The van der Waals surface area contributed by atoms with Gasteiger partial charge in [0.25, 0.3) is 0 Å². The van der Waals surface area contributed by atoms with Crippen LogP contribution in [0.25, 0.3) is 11.6 Å². The minimum absolute atomic E-state index is 0.466. The van der Waals surface area contributed by atoms with Crippen LogP contribution in [-0.2, 0) is 11.3 Å². The second kappa shape index (κ2) is 5.43. The molecule has 6 heteroatoms. The highest BCUT2D eigenvalue weighted by Crippen LogP contribution is 2.15. The summed E-state index contributed by atoms with van der Waals surface area (Å²) in [5.41, 5.74) is 0. The van der Waals surface area contributed by atoms with Gasteiger partial charge in [0.1, 0.15) is 0 Å². The van der Waals surface area contributed by atoms with Gasteiger partial charge in [-0.05, 0) is 12.1 Å². The first-order valence-electron chi connectivity index (χ1n) is 4.96. The largest absolute Gasteiger partial charge is 0.461 e. The van der Waals surface area contributed by atoms with Crippen molar-refractivity contribution < 1.29 is 13.7 Å². The number of ether oxygens (including phenoxy) is 1. The third kappa shape index (κ3) is 2.68. The van der Waals surface area contributed by atoms with Crippen molar-refractivity contribution in [3.8, 4) is 11.6 Å². The monoisotopic (exact) mass is 223 g/mol. The van der Waals surface area contributed by atoms with E-state index in [0.29, 0.717) is 30.6 Å². The average molecular weight is 223 g/mol. The highest BCUT2D eigenvalue weighted by molar-refractivity contribution is 5.44. The van der Waals surface area contributed by atoms with Crippen LogP contribution in [0.3, 0.4) is 0 Å². The molecule has 0 atom stereocenters. The van der Waals surface area contributed by atoms with Crippen molar-refractivity contribution in [2.75, 3.05) is 20.3 Å². The van der Waals surface area contributed by atoms with Gasteiger partial charge in [0.05, 0.1) is 19.4 Å². The Morgan fingerprint density at radius 3 is 3.19 bits per heavy atom. The molecule has 0 radical (unpaired) electrons. The molecule has 2 aromatic rings. The van der Waals surface area contributed by atoms with E-state index in [1.807, 2.05) is 0 Å². The van der Waals surface area contributed by atoms with E-state index in [4.69, 9.17) is 13.7 Å². The Kier molecular flexibility index (Phi) is 3.68. The van der Waals surface area contributed by atoms with Gasteiger partial charge in [-0.2, -0.15) is 4.98 Å². The molecule has 0 spiro atoms. The summed E-state index contributed by atoms with van der Waals surface area (Å²) in [7, 11) is 1.66. The highest BCUT2D eigenvalue weighted by Gasteiger charge is 2.09. The second-order valence-electron chi connectivity index (χ2n) is 3.16. The molecule has 1 N–H and O–H groups in total. The standard InChI is InChI=1S/C10H13N3O3/c1-14-6-4-11-7-9-12-10(13-16-9)8-3-2-5-15-8/h2-3,5,11H,4,6-7H2,1H3. The number of aromatic nitrogens is 2. The van der Waals surface area contributed by atoms with E-state index in [-0.39, 0.29) is 0 Å². The van der Waals surface area contributed by atoms with Crippen molar-refractivity contribution in [1.29, 1.82) is 0 Å². The van der Waals surface area contributed by atoms with Gasteiger partial charge >= 0.3 is 0 Å². The molecule has 0 saturated heterocycles. The molecule has 0 aliphatic rings. The predicted octanol–water partition coefficient (Wildman–Crippen LogP) is 1.07. The Labute approximate surface area is 92.6 Å². The molecule has 0 aliphatic heterocycles. The van der Waals surface area contributed by atoms with Crippen molar-refractivity contribution in [3.63, 3.8) is 0 Å². The van der Waals surface area contributed by atoms with E-state index in [9.17, 15) is 0 Å². The van der Waals surface area contributed by atoms with Crippen molar-refractivity contribution in [3.05, 3.63) is 24.3 Å². The minimum Gasteiger partial charge on any atom is -0.461 e. The Balaban J connectivity index is 1.88. The number of nitrogens with zero attached hydrogens (tertiary/aromatic N) is 2. The molecule has 0 amide bonds. The molecule has 86 valence electrons. The quantitative estimate of drug-likeness (QED) is 0.738. The molecule has 16 heavy (non-hydrogen) atoms. The van der Waals surface area contributed by atoms with Crippen LogP contribution in [0.1, 0.15) is 5.89 Å². The third-order valence-electron chi connectivity index (χ3n) is 1.97. The van der Waals surface area contributed by atoms with Crippen molar-refractivity contribution >= 4 is 0 Å². The lowest BCUT2D eigenvalue weighted by Crippen LogP contribution is -2.18. The van der Waals surface area contributed by atoms with Gasteiger partial charge in [0.15, 0.2) is 5.76 Å². The van der Waals surface area contributed by atoms with E-state index < -0.39 is 0 Å². The molecule has 2 aromatic heterocycles. The zero-order valence-corrected chi connectivity index (χ0v) is 8.97. The number of hydrogen-bond acceptors (Lipinski definition) is 6. The zero-order chi connectivity index (χ0) is 11.2. The number of methoxy groups -OCH3 is 1. The van der Waals surface area contributed by atoms with Crippen LogP contribution >= 0.6 is 0 Å².